The number of nitrogens with one attached hydrogen (secondary N) is 1. The monoisotopic (exact) mass is 430 g/mol. The van der Waals surface area contributed by atoms with Crippen LogP contribution in [0.2, 0.25) is 0 Å². The van der Waals surface area contributed by atoms with Gasteiger partial charge in [-0.05, 0) is 48.7 Å². The first-order valence-electron chi connectivity index (χ1n) is 9.92. The zero-order valence-corrected chi connectivity index (χ0v) is 17.1. The minimum Gasteiger partial charge on any atom is -0.493 e. The highest BCUT2D eigenvalue weighted by Crippen LogP contribution is 2.30. The second-order valence-electron chi connectivity index (χ2n) is 7.10. The molecule has 1 aliphatic rings. The van der Waals surface area contributed by atoms with Crippen molar-refractivity contribution >= 4 is 23.6 Å². The topological polar surface area (TPSA) is 67.9 Å². The summed E-state index contributed by atoms with van der Waals surface area (Å²) in [6.45, 7) is -2.04. The van der Waals surface area contributed by atoms with E-state index in [1.54, 1.807) is 17.0 Å². The number of hydrogen-bond donors (Lipinski definition) is 1. The number of benzene rings is 2. The summed E-state index contributed by atoms with van der Waals surface area (Å²) in [6, 6.07) is 13.6. The predicted molar refractivity (Wildman–Crippen MR) is 113 cm³/mol. The number of piperidine rings is 1. The summed E-state index contributed by atoms with van der Waals surface area (Å²) in [5.41, 5.74) is 1.33. The second-order valence-corrected chi connectivity index (χ2v) is 7.10. The van der Waals surface area contributed by atoms with Crippen molar-refractivity contribution in [2.45, 2.75) is 19.5 Å². The largest absolute Gasteiger partial charge is 0.493 e. The average Bonchev–Trinajstić information content (AvgIpc) is 2.78. The molecule has 1 fully saturated rings. The van der Waals surface area contributed by atoms with Crippen LogP contribution in [0.25, 0.3) is 6.08 Å². The molecule has 31 heavy (non-hydrogen) atoms. The fourth-order valence-electron chi connectivity index (χ4n) is 3.41. The van der Waals surface area contributed by atoms with Crippen molar-refractivity contribution in [1.82, 2.24) is 4.90 Å². The second kappa shape index (κ2) is 10.6. The first kappa shape index (κ1) is 22.3. The van der Waals surface area contributed by atoms with Gasteiger partial charge in [0.1, 0.15) is 0 Å². The van der Waals surface area contributed by atoms with E-state index < -0.39 is 6.61 Å². The third kappa shape index (κ3) is 6.28. The third-order valence-electron chi connectivity index (χ3n) is 4.97. The summed E-state index contributed by atoms with van der Waals surface area (Å²) in [6.07, 6.45) is 4.43. The summed E-state index contributed by atoms with van der Waals surface area (Å²) in [4.78, 5) is 26.8. The lowest BCUT2D eigenvalue weighted by molar-refractivity contribution is -0.130. The van der Waals surface area contributed by atoms with E-state index in [4.69, 9.17) is 4.74 Å². The van der Waals surface area contributed by atoms with Crippen LogP contribution in [0.15, 0.2) is 54.6 Å². The van der Waals surface area contributed by atoms with Gasteiger partial charge in [-0.25, -0.2) is 0 Å². The molecule has 2 amide bonds. The Hall–Kier alpha value is -3.42. The molecule has 1 saturated heterocycles. The molecular weight excluding hydrogens is 406 g/mol. The Morgan fingerprint density at radius 1 is 1.16 bits per heavy atom. The van der Waals surface area contributed by atoms with Crippen LogP contribution in [-0.4, -0.2) is 43.5 Å². The lowest BCUT2D eigenvalue weighted by Crippen LogP contribution is -2.43. The van der Waals surface area contributed by atoms with Crippen LogP contribution in [0.3, 0.4) is 0 Å². The van der Waals surface area contributed by atoms with Gasteiger partial charge in [0, 0.05) is 24.9 Å². The molecule has 0 aromatic heterocycles. The van der Waals surface area contributed by atoms with Crippen LogP contribution in [-0.2, 0) is 9.59 Å². The molecule has 1 unspecified atom stereocenters. The zero-order valence-electron chi connectivity index (χ0n) is 17.1. The number of carbonyl (C=O) groups excluding carboxylic acids is 2. The number of nitrogens with zero attached hydrogens (tertiary/aromatic N) is 1. The molecule has 0 bridgehead atoms. The highest BCUT2D eigenvalue weighted by molar-refractivity contribution is 5.95. The van der Waals surface area contributed by atoms with Crippen LogP contribution < -0.4 is 14.8 Å². The Labute approximate surface area is 179 Å². The maximum Gasteiger partial charge on any atom is 0.387 e. The fraction of sp³-hybridized carbons (Fsp3) is 0.304. The molecule has 1 atom stereocenters. The van der Waals surface area contributed by atoms with Crippen LogP contribution in [0.4, 0.5) is 14.5 Å². The molecule has 1 N–H and O–H groups in total. The molecule has 0 aliphatic carbocycles. The smallest absolute Gasteiger partial charge is 0.387 e. The van der Waals surface area contributed by atoms with Gasteiger partial charge in [0.25, 0.3) is 0 Å². The zero-order chi connectivity index (χ0) is 22.2. The highest BCUT2D eigenvalue weighted by atomic mass is 19.3. The van der Waals surface area contributed by atoms with E-state index in [1.165, 1.54) is 25.3 Å². The van der Waals surface area contributed by atoms with Gasteiger partial charge in [-0.3, -0.25) is 9.59 Å². The predicted octanol–water partition coefficient (Wildman–Crippen LogP) is 4.19. The van der Waals surface area contributed by atoms with Crippen LogP contribution >= 0.6 is 0 Å². The molecule has 1 heterocycles. The van der Waals surface area contributed by atoms with Crippen molar-refractivity contribution in [2.24, 2.45) is 5.92 Å². The molecule has 1 aliphatic heterocycles. The Bertz CT molecular complexity index is 934. The first-order valence-corrected chi connectivity index (χ1v) is 9.92. The van der Waals surface area contributed by atoms with E-state index in [9.17, 15) is 18.4 Å². The maximum absolute atomic E-state index is 12.6. The number of rotatable bonds is 7. The van der Waals surface area contributed by atoms with Gasteiger partial charge in [-0.2, -0.15) is 8.78 Å². The molecule has 2 aromatic carbocycles. The number of likely N-dealkylation sites (tertiary alicyclic amines) is 1. The van der Waals surface area contributed by atoms with Gasteiger partial charge >= 0.3 is 6.61 Å². The van der Waals surface area contributed by atoms with Gasteiger partial charge in [0.2, 0.25) is 11.8 Å². The van der Waals surface area contributed by atoms with E-state index in [2.05, 4.69) is 10.1 Å². The molecule has 8 heteroatoms. The lowest BCUT2D eigenvalue weighted by atomic mass is 9.97. The van der Waals surface area contributed by atoms with E-state index in [-0.39, 0.29) is 29.2 Å². The number of halogens is 2. The summed E-state index contributed by atoms with van der Waals surface area (Å²) in [7, 11) is 1.35. The third-order valence-corrected chi connectivity index (χ3v) is 4.97. The van der Waals surface area contributed by atoms with Gasteiger partial charge in [0.15, 0.2) is 11.5 Å². The summed E-state index contributed by atoms with van der Waals surface area (Å²) >= 11 is 0. The van der Waals surface area contributed by atoms with E-state index in [0.29, 0.717) is 18.7 Å². The van der Waals surface area contributed by atoms with Crippen LogP contribution in [0.5, 0.6) is 11.5 Å². The van der Waals surface area contributed by atoms with E-state index in [0.717, 1.165) is 18.5 Å². The van der Waals surface area contributed by atoms with Crippen molar-refractivity contribution < 1.29 is 27.8 Å². The van der Waals surface area contributed by atoms with Crippen molar-refractivity contribution in [1.29, 1.82) is 0 Å². The normalized spacial score (nSPS) is 16.4. The standard InChI is InChI=1S/C23H24F2N2O4/c1-30-20-14-16(9-11-19(20)31-23(24)25)10-12-21(28)27-13-5-6-17(15-27)22(29)26-18-7-3-2-4-8-18/h2-4,7-12,14,17,23H,5-6,13,15H2,1H3,(H,26,29)/b12-10+. The van der Waals surface area contributed by atoms with Gasteiger partial charge in [0.05, 0.1) is 13.0 Å². The number of amides is 2. The molecule has 2 aromatic rings. The molecule has 0 radical (unpaired) electrons. The molecule has 164 valence electrons. The number of carbonyl (C=O) groups is 2. The fourth-order valence-corrected chi connectivity index (χ4v) is 3.41. The quantitative estimate of drug-likeness (QED) is 0.669. The maximum atomic E-state index is 12.6. The summed E-state index contributed by atoms with van der Waals surface area (Å²) in [5, 5.41) is 2.89. The Balaban J connectivity index is 1.60. The van der Waals surface area contributed by atoms with Crippen molar-refractivity contribution in [2.75, 3.05) is 25.5 Å². The number of ether oxygens (including phenoxy) is 2. The first-order chi connectivity index (χ1) is 15.0. The Kier molecular flexibility index (Phi) is 7.59. The van der Waals surface area contributed by atoms with Gasteiger partial charge in [-0.1, -0.05) is 24.3 Å². The lowest BCUT2D eigenvalue weighted by Gasteiger charge is -2.31. The number of hydrogen-bond acceptors (Lipinski definition) is 4. The number of anilines is 1. The molecule has 6 nitrogen and oxygen atoms in total. The van der Waals surface area contributed by atoms with E-state index in [1.807, 2.05) is 30.3 Å². The average molecular weight is 430 g/mol. The summed E-state index contributed by atoms with van der Waals surface area (Å²) in [5.74, 6) is -0.539. The van der Waals surface area contributed by atoms with E-state index >= 15 is 0 Å². The molecule has 3 rings (SSSR count). The van der Waals surface area contributed by atoms with Gasteiger partial charge < -0.3 is 19.7 Å². The Morgan fingerprint density at radius 2 is 1.94 bits per heavy atom. The molecular formula is C23H24F2N2O4. The molecule has 0 spiro atoms. The highest BCUT2D eigenvalue weighted by Gasteiger charge is 2.27. The van der Waals surface area contributed by atoms with Crippen molar-refractivity contribution in [3.05, 3.63) is 60.2 Å². The minimum absolute atomic E-state index is 0.0794. The number of para-hydroxylation sites is 1. The van der Waals surface area contributed by atoms with Crippen molar-refractivity contribution in [3.63, 3.8) is 0 Å². The van der Waals surface area contributed by atoms with Gasteiger partial charge in [-0.15, -0.1) is 0 Å². The van der Waals surface area contributed by atoms with Crippen LogP contribution in [0.1, 0.15) is 18.4 Å². The number of methoxy groups -OCH3 is 1. The SMILES string of the molecule is COc1cc(/C=C/C(=O)N2CCCC(C(=O)Nc3ccccc3)C2)ccc1OC(F)F. The van der Waals surface area contributed by atoms with Crippen LogP contribution in [0, 0.1) is 5.92 Å². The summed E-state index contributed by atoms with van der Waals surface area (Å²) < 4.78 is 34.3. The number of alkyl halides is 2. The molecule has 0 saturated carbocycles. The minimum atomic E-state index is -2.96. The van der Waals surface area contributed by atoms with Crippen molar-refractivity contribution in [3.8, 4) is 11.5 Å². The Morgan fingerprint density at radius 3 is 2.65 bits per heavy atom.